The van der Waals surface area contributed by atoms with Crippen molar-refractivity contribution in [2.24, 2.45) is 5.92 Å². The molecule has 1 aliphatic carbocycles. The molecular weight excluding hydrogens is 394 g/mol. The molecule has 3 saturated heterocycles. The van der Waals surface area contributed by atoms with Gasteiger partial charge in [-0.1, -0.05) is 30.3 Å². The van der Waals surface area contributed by atoms with Crippen LogP contribution in [0.2, 0.25) is 0 Å². The van der Waals surface area contributed by atoms with Crippen molar-refractivity contribution < 1.29 is 9.53 Å². The molecule has 6 heteroatoms. The third-order valence-corrected chi connectivity index (χ3v) is 7.86. The molecule has 0 spiro atoms. The fraction of sp³-hybridized carbons (Fsp3) is 0.417. The molecule has 5 nitrogen and oxygen atoms in total. The predicted molar refractivity (Wildman–Crippen MR) is 119 cm³/mol. The molecule has 154 valence electrons. The van der Waals surface area contributed by atoms with Gasteiger partial charge in [0.15, 0.2) is 0 Å². The molecular formula is C24H25N3O2S. The SMILES string of the molecule is O=C(NC1(c2ccc(-c3ccc4scnc4c3)cc2)CC1)OC1CN2CCC1CC2. The number of thiazole rings is 1. The molecule has 2 bridgehead atoms. The molecule has 30 heavy (non-hydrogen) atoms. The summed E-state index contributed by atoms with van der Waals surface area (Å²) in [7, 11) is 0. The number of nitrogens with one attached hydrogen (secondary N) is 1. The molecule has 1 amide bonds. The molecule has 1 N–H and O–H groups in total. The summed E-state index contributed by atoms with van der Waals surface area (Å²) < 4.78 is 7.06. The van der Waals surface area contributed by atoms with Crippen LogP contribution < -0.4 is 5.32 Å². The number of hydrogen-bond donors (Lipinski definition) is 1. The minimum absolute atomic E-state index is 0.0475. The summed E-state index contributed by atoms with van der Waals surface area (Å²) in [4.78, 5) is 19.5. The van der Waals surface area contributed by atoms with Gasteiger partial charge >= 0.3 is 6.09 Å². The van der Waals surface area contributed by atoms with Crippen LogP contribution in [0.25, 0.3) is 21.3 Å². The molecule has 1 unspecified atom stereocenters. The van der Waals surface area contributed by atoms with Gasteiger partial charge in [0.05, 0.1) is 21.3 Å². The van der Waals surface area contributed by atoms with Gasteiger partial charge in [-0.15, -0.1) is 11.3 Å². The molecule has 1 saturated carbocycles. The zero-order valence-electron chi connectivity index (χ0n) is 16.8. The van der Waals surface area contributed by atoms with Gasteiger partial charge in [0.1, 0.15) is 6.10 Å². The zero-order valence-corrected chi connectivity index (χ0v) is 17.7. The van der Waals surface area contributed by atoms with E-state index in [-0.39, 0.29) is 17.7 Å². The maximum absolute atomic E-state index is 12.6. The Kier molecular flexibility index (Phi) is 4.32. The fourth-order valence-corrected chi connectivity index (χ4v) is 5.70. The van der Waals surface area contributed by atoms with E-state index in [2.05, 4.69) is 57.7 Å². The summed E-state index contributed by atoms with van der Waals surface area (Å²) in [6, 6.07) is 15.0. The highest BCUT2D eigenvalue weighted by Crippen LogP contribution is 2.46. The van der Waals surface area contributed by atoms with Crippen LogP contribution in [0.5, 0.6) is 0 Å². The van der Waals surface area contributed by atoms with Gasteiger partial charge < -0.3 is 10.1 Å². The van der Waals surface area contributed by atoms with Gasteiger partial charge in [0, 0.05) is 6.54 Å². The summed E-state index contributed by atoms with van der Waals surface area (Å²) in [6.45, 7) is 3.19. The van der Waals surface area contributed by atoms with E-state index >= 15 is 0 Å². The number of amides is 1. The van der Waals surface area contributed by atoms with Gasteiger partial charge in [0.2, 0.25) is 0 Å². The van der Waals surface area contributed by atoms with Crippen LogP contribution in [-0.4, -0.2) is 41.7 Å². The Hall–Kier alpha value is -2.44. The van der Waals surface area contributed by atoms with E-state index in [0.29, 0.717) is 5.92 Å². The Morgan fingerprint density at radius 2 is 1.87 bits per heavy atom. The standard InChI is InChI=1S/C24H25N3O2S/c28-23(29-21-14-27-11-7-17(21)8-12-27)26-24(9-10-24)19-4-1-16(2-5-19)18-3-6-22-20(13-18)25-15-30-22/h1-6,13,15,17,21H,7-12,14H2,(H,26,28). The summed E-state index contributed by atoms with van der Waals surface area (Å²) >= 11 is 1.66. The third kappa shape index (κ3) is 3.28. The van der Waals surface area contributed by atoms with Gasteiger partial charge in [-0.3, -0.25) is 4.90 Å². The number of fused-ring (bicyclic) bond motifs is 4. The molecule has 2 aromatic carbocycles. The average Bonchev–Trinajstić information content (AvgIpc) is 3.40. The molecule has 4 heterocycles. The van der Waals surface area contributed by atoms with Crippen LogP contribution in [0.4, 0.5) is 4.79 Å². The summed E-state index contributed by atoms with van der Waals surface area (Å²) in [5, 5.41) is 3.18. The molecule has 7 rings (SSSR count). The molecule has 4 fully saturated rings. The summed E-state index contributed by atoms with van der Waals surface area (Å²) in [6.07, 6.45) is 4.02. The lowest BCUT2D eigenvalue weighted by Gasteiger charge is -2.44. The van der Waals surface area contributed by atoms with E-state index in [1.165, 1.54) is 15.8 Å². The van der Waals surface area contributed by atoms with Crippen LogP contribution in [-0.2, 0) is 10.3 Å². The van der Waals surface area contributed by atoms with Crippen molar-refractivity contribution in [2.75, 3.05) is 19.6 Å². The number of piperidine rings is 3. The largest absolute Gasteiger partial charge is 0.445 e. The van der Waals surface area contributed by atoms with Gasteiger partial charge in [0.25, 0.3) is 0 Å². The number of ether oxygens (including phenoxy) is 1. The van der Waals surface area contributed by atoms with E-state index < -0.39 is 0 Å². The maximum atomic E-state index is 12.6. The highest BCUT2D eigenvalue weighted by atomic mass is 32.1. The minimum atomic E-state index is -0.261. The number of carbonyl (C=O) groups excluding carboxylic acids is 1. The van der Waals surface area contributed by atoms with Gasteiger partial charge in [-0.2, -0.15) is 0 Å². The number of rotatable bonds is 4. The Bertz CT molecular complexity index is 1080. The molecule has 3 aromatic rings. The zero-order chi connectivity index (χ0) is 20.1. The van der Waals surface area contributed by atoms with Crippen molar-refractivity contribution in [2.45, 2.75) is 37.3 Å². The second kappa shape index (κ2) is 7.06. The normalized spacial score (nSPS) is 26.5. The topological polar surface area (TPSA) is 54.5 Å². The molecule has 4 aliphatic rings. The highest BCUT2D eigenvalue weighted by Gasteiger charge is 2.47. The number of carbonyl (C=O) groups is 1. The fourth-order valence-electron chi connectivity index (χ4n) is 5.04. The smallest absolute Gasteiger partial charge is 0.408 e. The van der Waals surface area contributed by atoms with Crippen molar-refractivity contribution in [1.82, 2.24) is 15.2 Å². The van der Waals surface area contributed by atoms with Crippen LogP contribution in [0, 0.1) is 5.92 Å². The van der Waals surface area contributed by atoms with Crippen molar-refractivity contribution in [3.63, 3.8) is 0 Å². The van der Waals surface area contributed by atoms with E-state index in [1.54, 1.807) is 11.3 Å². The number of benzene rings is 2. The Labute approximate surface area is 180 Å². The number of alkyl carbamates (subject to hydrolysis) is 1. The number of nitrogens with zero attached hydrogens (tertiary/aromatic N) is 2. The van der Waals surface area contributed by atoms with Crippen molar-refractivity contribution in [3.8, 4) is 11.1 Å². The van der Waals surface area contributed by atoms with Crippen LogP contribution >= 0.6 is 11.3 Å². The van der Waals surface area contributed by atoms with Crippen molar-refractivity contribution in [3.05, 3.63) is 53.5 Å². The Morgan fingerprint density at radius 3 is 2.57 bits per heavy atom. The highest BCUT2D eigenvalue weighted by molar-refractivity contribution is 7.16. The molecule has 3 aliphatic heterocycles. The summed E-state index contributed by atoms with van der Waals surface area (Å²) in [5.74, 6) is 0.533. The summed E-state index contributed by atoms with van der Waals surface area (Å²) in [5.41, 5.74) is 6.15. The monoisotopic (exact) mass is 419 g/mol. The first-order valence-electron chi connectivity index (χ1n) is 10.8. The van der Waals surface area contributed by atoms with Gasteiger partial charge in [-0.25, -0.2) is 9.78 Å². The maximum Gasteiger partial charge on any atom is 0.408 e. The van der Waals surface area contributed by atoms with Crippen LogP contribution in [0.15, 0.2) is 48.0 Å². The Balaban J connectivity index is 1.15. The molecule has 0 radical (unpaired) electrons. The first-order chi connectivity index (χ1) is 14.7. The quantitative estimate of drug-likeness (QED) is 0.662. The van der Waals surface area contributed by atoms with E-state index in [9.17, 15) is 4.79 Å². The van der Waals surface area contributed by atoms with Gasteiger partial charge in [-0.05, 0) is 73.5 Å². The lowest BCUT2D eigenvalue weighted by Crippen LogP contribution is -2.53. The Morgan fingerprint density at radius 1 is 1.10 bits per heavy atom. The first-order valence-corrected chi connectivity index (χ1v) is 11.7. The molecule has 1 aromatic heterocycles. The average molecular weight is 420 g/mol. The predicted octanol–water partition coefficient (Wildman–Crippen LogP) is 4.77. The first kappa shape index (κ1) is 18.3. The van der Waals surface area contributed by atoms with Crippen LogP contribution in [0.3, 0.4) is 0 Å². The van der Waals surface area contributed by atoms with E-state index in [0.717, 1.165) is 56.4 Å². The second-order valence-electron chi connectivity index (χ2n) is 8.90. The number of hydrogen-bond acceptors (Lipinski definition) is 5. The van der Waals surface area contributed by atoms with E-state index in [4.69, 9.17) is 4.74 Å². The van der Waals surface area contributed by atoms with Crippen molar-refractivity contribution in [1.29, 1.82) is 0 Å². The van der Waals surface area contributed by atoms with E-state index in [1.807, 2.05) is 5.51 Å². The van der Waals surface area contributed by atoms with Crippen LogP contribution in [0.1, 0.15) is 31.2 Å². The third-order valence-electron chi connectivity index (χ3n) is 7.05. The lowest BCUT2D eigenvalue weighted by atomic mass is 9.86. The lowest BCUT2D eigenvalue weighted by molar-refractivity contribution is -0.0342. The minimum Gasteiger partial charge on any atom is -0.445 e. The molecule has 1 atom stereocenters. The number of aromatic nitrogens is 1. The second-order valence-corrected chi connectivity index (χ2v) is 9.79. The van der Waals surface area contributed by atoms with Crippen molar-refractivity contribution >= 4 is 27.6 Å².